The molecule has 0 amide bonds. The second-order valence-electron chi connectivity index (χ2n) is 3.20. The van der Waals surface area contributed by atoms with Gasteiger partial charge in [0.2, 0.25) is 0 Å². The van der Waals surface area contributed by atoms with Crippen molar-refractivity contribution in [3.8, 4) is 0 Å². The molecule has 0 saturated heterocycles. The van der Waals surface area contributed by atoms with Crippen molar-refractivity contribution in [3.05, 3.63) is 33.9 Å². The molecular formula is C11H11NO5S. The smallest absolute Gasteiger partial charge is 0.316 e. The molecule has 0 bridgehead atoms. The fraction of sp³-hybridized carbons (Fsp3) is 0.273. The Bertz CT molecular complexity index is 475. The second kappa shape index (κ2) is 6.75. The average molecular weight is 269 g/mol. The summed E-state index contributed by atoms with van der Waals surface area (Å²) >= 11 is 1.01. The van der Waals surface area contributed by atoms with E-state index in [4.69, 9.17) is 4.74 Å². The van der Waals surface area contributed by atoms with Crippen LogP contribution in [0.5, 0.6) is 0 Å². The van der Waals surface area contributed by atoms with Gasteiger partial charge in [-0.25, -0.2) is 0 Å². The second-order valence-corrected chi connectivity index (χ2v) is 4.21. The van der Waals surface area contributed by atoms with E-state index in [0.717, 1.165) is 11.8 Å². The number of ether oxygens (including phenoxy) is 1. The number of hydrogen-bond donors (Lipinski definition) is 0. The molecule has 0 aliphatic heterocycles. The van der Waals surface area contributed by atoms with E-state index in [9.17, 15) is 19.7 Å². The Kier molecular flexibility index (Phi) is 5.31. The molecule has 0 unspecified atom stereocenters. The van der Waals surface area contributed by atoms with Gasteiger partial charge in [-0.2, -0.15) is 0 Å². The van der Waals surface area contributed by atoms with Crippen molar-refractivity contribution in [2.75, 3.05) is 12.4 Å². The maximum Gasteiger partial charge on any atom is 0.316 e. The molecular weight excluding hydrogens is 258 g/mol. The molecule has 0 heterocycles. The number of nitro benzene ring substituents is 1. The van der Waals surface area contributed by atoms with E-state index < -0.39 is 10.9 Å². The predicted molar refractivity (Wildman–Crippen MR) is 65.8 cm³/mol. The summed E-state index contributed by atoms with van der Waals surface area (Å²) in [6.07, 6.45) is 0.535. The van der Waals surface area contributed by atoms with Crippen molar-refractivity contribution in [2.45, 2.75) is 11.8 Å². The third kappa shape index (κ3) is 3.85. The molecule has 0 aliphatic rings. The van der Waals surface area contributed by atoms with Crippen LogP contribution in [0.2, 0.25) is 0 Å². The molecule has 0 N–H and O–H groups in total. The lowest BCUT2D eigenvalue weighted by molar-refractivity contribution is -0.387. The number of benzene rings is 1. The number of aldehydes is 1. The summed E-state index contributed by atoms with van der Waals surface area (Å²) in [4.78, 5) is 32.3. The summed E-state index contributed by atoms with van der Waals surface area (Å²) in [5, 5.41) is 10.8. The lowest BCUT2D eigenvalue weighted by Crippen LogP contribution is -2.06. The minimum atomic E-state index is -0.583. The third-order valence-electron chi connectivity index (χ3n) is 1.97. The van der Waals surface area contributed by atoms with E-state index >= 15 is 0 Å². The van der Waals surface area contributed by atoms with Crippen LogP contribution in [0, 0.1) is 10.1 Å². The van der Waals surface area contributed by atoms with Crippen LogP contribution >= 0.6 is 11.8 Å². The first-order valence-corrected chi connectivity index (χ1v) is 6.09. The fourth-order valence-corrected chi connectivity index (χ4v) is 2.01. The molecule has 0 fully saturated rings. The molecule has 1 rings (SSSR count). The fourth-order valence-electron chi connectivity index (χ4n) is 1.21. The van der Waals surface area contributed by atoms with Gasteiger partial charge in [-0.3, -0.25) is 19.7 Å². The van der Waals surface area contributed by atoms with Crippen LogP contribution in [0.1, 0.15) is 17.3 Å². The van der Waals surface area contributed by atoms with E-state index in [2.05, 4.69) is 0 Å². The van der Waals surface area contributed by atoms with Crippen LogP contribution in [0.15, 0.2) is 23.1 Å². The van der Waals surface area contributed by atoms with Crippen LogP contribution < -0.4 is 0 Å². The topological polar surface area (TPSA) is 86.5 Å². The quantitative estimate of drug-likeness (QED) is 0.258. The molecule has 0 aliphatic carbocycles. The minimum absolute atomic E-state index is 0.00485. The van der Waals surface area contributed by atoms with Gasteiger partial charge in [0, 0.05) is 11.6 Å². The molecule has 0 atom stereocenters. The Hall–Kier alpha value is -1.89. The number of esters is 1. The predicted octanol–water partition coefficient (Wildman–Crippen LogP) is 2.06. The average Bonchev–Trinajstić information content (AvgIpc) is 2.36. The van der Waals surface area contributed by atoms with E-state index in [1.807, 2.05) is 0 Å². The minimum Gasteiger partial charge on any atom is -0.465 e. The van der Waals surface area contributed by atoms with Gasteiger partial charge in [0.05, 0.1) is 22.2 Å². The molecule has 0 saturated carbocycles. The van der Waals surface area contributed by atoms with Gasteiger partial charge < -0.3 is 4.74 Å². The van der Waals surface area contributed by atoms with Gasteiger partial charge in [0.1, 0.15) is 6.29 Å². The maximum absolute atomic E-state index is 11.2. The van der Waals surface area contributed by atoms with Gasteiger partial charge in [0.25, 0.3) is 5.69 Å². The highest BCUT2D eigenvalue weighted by Crippen LogP contribution is 2.29. The summed E-state index contributed by atoms with van der Waals surface area (Å²) < 4.78 is 4.72. The van der Waals surface area contributed by atoms with Crippen molar-refractivity contribution in [1.29, 1.82) is 0 Å². The number of rotatable bonds is 6. The summed E-state index contributed by atoms with van der Waals surface area (Å²) in [5.41, 5.74) is 0.0380. The molecule has 0 radical (unpaired) electrons. The molecule has 18 heavy (non-hydrogen) atoms. The van der Waals surface area contributed by atoms with Gasteiger partial charge >= 0.3 is 5.97 Å². The summed E-state index contributed by atoms with van der Waals surface area (Å²) in [7, 11) is 0. The molecule has 96 valence electrons. The Morgan fingerprint density at radius 2 is 2.28 bits per heavy atom. The molecule has 1 aromatic carbocycles. The summed E-state index contributed by atoms with van der Waals surface area (Å²) in [5.74, 6) is -0.439. The number of nitrogens with zero attached hydrogens (tertiary/aromatic N) is 1. The summed E-state index contributed by atoms with van der Waals surface area (Å²) in [6.45, 7) is 1.95. The van der Waals surface area contributed by atoms with Crippen LogP contribution in [-0.4, -0.2) is 29.5 Å². The number of nitro groups is 1. The Morgan fingerprint density at radius 1 is 1.56 bits per heavy atom. The molecule has 0 aromatic heterocycles. The molecule has 7 heteroatoms. The summed E-state index contributed by atoms with van der Waals surface area (Å²) in [6, 6.07) is 4.10. The van der Waals surface area contributed by atoms with Crippen molar-refractivity contribution in [1.82, 2.24) is 0 Å². The standard InChI is InChI=1S/C11H11NO5S/c1-2-17-11(14)7-18-10-4-3-8(6-13)5-9(10)12(15)16/h3-6H,2,7H2,1H3. The number of carbonyl (C=O) groups is 2. The van der Waals surface area contributed by atoms with Crippen molar-refractivity contribution < 1.29 is 19.2 Å². The van der Waals surface area contributed by atoms with E-state index in [-0.39, 0.29) is 23.6 Å². The monoisotopic (exact) mass is 269 g/mol. The van der Waals surface area contributed by atoms with Crippen molar-refractivity contribution in [2.24, 2.45) is 0 Å². The normalized spacial score (nSPS) is 9.83. The zero-order valence-corrected chi connectivity index (χ0v) is 10.4. The molecule has 6 nitrogen and oxygen atoms in total. The van der Waals surface area contributed by atoms with Crippen LogP contribution in [0.25, 0.3) is 0 Å². The van der Waals surface area contributed by atoms with Crippen LogP contribution in [-0.2, 0) is 9.53 Å². The molecule has 1 aromatic rings. The first-order valence-electron chi connectivity index (χ1n) is 5.10. The third-order valence-corrected chi connectivity index (χ3v) is 3.00. The van der Waals surface area contributed by atoms with Gasteiger partial charge in [-0.1, -0.05) is 6.07 Å². The maximum atomic E-state index is 11.2. The molecule has 0 spiro atoms. The van der Waals surface area contributed by atoms with Crippen LogP contribution in [0.3, 0.4) is 0 Å². The number of carbonyl (C=O) groups excluding carboxylic acids is 2. The Balaban J connectivity index is 2.84. The van der Waals surface area contributed by atoms with Gasteiger partial charge in [-0.05, 0) is 13.0 Å². The Morgan fingerprint density at radius 3 is 2.83 bits per heavy atom. The lowest BCUT2D eigenvalue weighted by Gasteiger charge is -2.03. The lowest BCUT2D eigenvalue weighted by atomic mass is 10.2. The highest BCUT2D eigenvalue weighted by molar-refractivity contribution is 8.00. The van der Waals surface area contributed by atoms with Crippen molar-refractivity contribution in [3.63, 3.8) is 0 Å². The zero-order chi connectivity index (χ0) is 13.5. The van der Waals surface area contributed by atoms with Gasteiger partial charge in [-0.15, -0.1) is 11.8 Å². The van der Waals surface area contributed by atoms with Crippen molar-refractivity contribution >= 4 is 29.7 Å². The zero-order valence-electron chi connectivity index (χ0n) is 9.62. The Labute approximate surface area is 107 Å². The van der Waals surface area contributed by atoms with E-state index in [0.29, 0.717) is 11.2 Å². The SMILES string of the molecule is CCOC(=O)CSc1ccc(C=O)cc1[N+](=O)[O-]. The first-order chi connectivity index (χ1) is 8.58. The van der Waals surface area contributed by atoms with Crippen LogP contribution in [0.4, 0.5) is 5.69 Å². The number of thioether (sulfide) groups is 1. The van der Waals surface area contributed by atoms with E-state index in [1.165, 1.54) is 18.2 Å². The van der Waals surface area contributed by atoms with E-state index in [1.54, 1.807) is 6.92 Å². The number of hydrogen-bond acceptors (Lipinski definition) is 6. The van der Waals surface area contributed by atoms with Gasteiger partial charge in [0.15, 0.2) is 0 Å². The largest absolute Gasteiger partial charge is 0.465 e. The first kappa shape index (κ1) is 14.2. The highest BCUT2D eigenvalue weighted by Gasteiger charge is 2.16. The highest BCUT2D eigenvalue weighted by atomic mass is 32.2.